The SMILES string of the molecule is Cc1cccc(CN2C[C@H](CN)OC2=O)c1. The Hall–Kier alpha value is -1.55. The second kappa shape index (κ2) is 4.53. The molecule has 16 heavy (non-hydrogen) atoms. The van der Waals surface area contributed by atoms with Crippen LogP contribution >= 0.6 is 0 Å². The Bertz CT molecular complexity index is 392. The molecule has 1 aliphatic rings. The second-order valence-electron chi connectivity index (χ2n) is 4.11. The lowest BCUT2D eigenvalue weighted by molar-refractivity contribution is 0.134. The number of benzene rings is 1. The monoisotopic (exact) mass is 220 g/mol. The van der Waals surface area contributed by atoms with Crippen molar-refractivity contribution in [2.75, 3.05) is 13.1 Å². The van der Waals surface area contributed by atoms with Crippen LogP contribution in [0.3, 0.4) is 0 Å². The molecule has 0 bridgehead atoms. The summed E-state index contributed by atoms with van der Waals surface area (Å²) < 4.78 is 5.09. The molecule has 0 radical (unpaired) electrons. The zero-order chi connectivity index (χ0) is 11.5. The molecule has 1 aliphatic heterocycles. The van der Waals surface area contributed by atoms with E-state index < -0.39 is 0 Å². The predicted octanol–water partition coefficient (Wildman–Crippen LogP) is 1.27. The van der Waals surface area contributed by atoms with E-state index >= 15 is 0 Å². The molecule has 1 fully saturated rings. The Morgan fingerprint density at radius 2 is 2.38 bits per heavy atom. The van der Waals surface area contributed by atoms with Gasteiger partial charge in [-0.25, -0.2) is 4.79 Å². The summed E-state index contributed by atoms with van der Waals surface area (Å²) >= 11 is 0. The second-order valence-corrected chi connectivity index (χ2v) is 4.11. The summed E-state index contributed by atoms with van der Waals surface area (Å²) in [5.41, 5.74) is 7.79. The van der Waals surface area contributed by atoms with Gasteiger partial charge in [-0.15, -0.1) is 0 Å². The Labute approximate surface area is 95.0 Å². The Morgan fingerprint density at radius 3 is 3.00 bits per heavy atom. The normalized spacial score (nSPS) is 20.0. The molecular formula is C12H16N2O2. The lowest BCUT2D eigenvalue weighted by atomic mass is 10.1. The van der Waals surface area contributed by atoms with Crippen molar-refractivity contribution in [2.24, 2.45) is 5.73 Å². The molecule has 1 amide bonds. The minimum absolute atomic E-state index is 0.155. The van der Waals surface area contributed by atoms with Crippen molar-refractivity contribution in [3.8, 4) is 0 Å². The van der Waals surface area contributed by atoms with Crippen LogP contribution in [0.25, 0.3) is 0 Å². The van der Waals surface area contributed by atoms with E-state index in [-0.39, 0.29) is 12.2 Å². The largest absolute Gasteiger partial charge is 0.443 e. The molecule has 1 heterocycles. The molecule has 0 aliphatic carbocycles. The number of rotatable bonds is 3. The van der Waals surface area contributed by atoms with Gasteiger partial charge in [0.05, 0.1) is 6.54 Å². The van der Waals surface area contributed by atoms with Crippen molar-refractivity contribution >= 4 is 6.09 Å². The number of ether oxygens (including phenoxy) is 1. The number of carbonyl (C=O) groups excluding carboxylic acids is 1. The summed E-state index contributed by atoms with van der Waals surface area (Å²) in [6.45, 7) is 3.60. The molecular weight excluding hydrogens is 204 g/mol. The van der Waals surface area contributed by atoms with E-state index in [9.17, 15) is 4.79 Å². The van der Waals surface area contributed by atoms with E-state index in [0.29, 0.717) is 19.6 Å². The zero-order valence-electron chi connectivity index (χ0n) is 9.35. The first kappa shape index (κ1) is 11.0. The number of nitrogens with two attached hydrogens (primary N) is 1. The fourth-order valence-corrected chi connectivity index (χ4v) is 1.86. The molecule has 2 rings (SSSR count). The van der Waals surface area contributed by atoms with E-state index in [1.807, 2.05) is 25.1 Å². The maximum absolute atomic E-state index is 11.5. The van der Waals surface area contributed by atoms with Crippen molar-refractivity contribution in [1.82, 2.24) is 4.90 Å². The quantitative estimate of drug-likeness (QED) is 0.834. The number of nitrogens with zero attached hydrogens (tertiary/aromatic N) is 1. The first-order valence-electron chi connectivity index (χ1n) is 5.40. The fourth-order valence-electron chi connectivity index (χ4n) is 1.86. The third kappa shape index (κ3) is 2.33. The average Bonchev–Trinajstić information content (AvgIpc) is 2.60. The molecule has 1 aromatic carbocycles. The maximum Gasteiger partial charge on any atom is 0.410 e. The molecule has 4 heteroatoms. The van der Waals surface area contributed by atoms with Crippen LogP contribution in [-0.4, -0.2) is 30.2 Å². The van der Waals surface area contributed by atoms with Gasteiger partial charge >= 0.3 is 6.09 Å². The number of amides is 1. The molecule has 0 unspecified atom stereocenters. The molecule has 0 aromatic heterocycles. The van der Waals surface area contributed by atoms with Crippen molar-refractivity contribution < 1.29 is 9.53 Å². The number of aryl methyl sites for hydroxylation is 1. The Kier molecular flexibility index (Phi) is 3.10. The molecule has 1 atom stereocenters. The van der Waals surface area contributed by atoms with Gasteiger partial charge in [-0.05, 0) is 12.5 Å². The Morgan fingerprint density at radius 1 is 1.56 bits per heavy atom. The van der Waals surface area contributed by atoms with E-state index in [2.05, 4.69) is 6.07 Å². The first-order valence-corrected chi connectivity index (χ1v) is 5.40. The molecule has 0 saturated carbocycles. The van der Waals surface area contributed by atoms with E-state index in [1.54, 1.807) is 4.90 Å². The van der Waals surface area contributed by atoms with Gasteiger partial charge in [0.1, 0.15) is 6.10 Å². The number of hydrogen-bond donors (Lipinski definition) is 1. The minimum atomic E-state index is -0.267. The van der Waals surface area contributed by atoms with E-state index in [0.717, 1.165) is 5.56 Å². The van der Waals surface area contributed by atoms with E-state index in [4.69, 9.17) is 10.5 Å². The van der Waals surface area contributed by atoms with Crippen LogP contribution in [0.15, 0.2) is 24.3 Å². The van der Waals surface area contributed by atoms with Crippen LogP contribution in [-0.2, 0) is 11.3 Å². The highest BCUT2D eigenvalue weighted by atomic mass is 16.6. The van der Waals surface area contributed by atoms with Crippen LogP contribution < -0.4 is 5.73 Å². The van der Waals surface area contributed by atoms with E-state index in [1.165, 1.54) is 5.56 Å². The Balaban J connectivity index is 2.03. The summed E-state index contributed by atoms with van der Waals surface area (Å²) in [5.74, 6) is 0. The van der Waals surface area contributed by atoms with Crippen molar-refractivity contribution in [1.29, 1.82) is 0 Å². The van der Waals surface area contributed by atoms with Gasteiger partial charge < -0.3 is 15.4 Å². The third-order valence-corrected chi connectivity index (χ3v) is 2.67. The van der Waals surface area contributed by atoms with Gasteiger partial charge in [-0.1, -0.05) is 29.8 Å². The topological polar surface area (TPSA) is 55.6 Å². The number of hydrogen-bond acceptors (Lipinski definition) is 3. The molecule has 86 valence electrons. The van der Waals surface area contributed by atoms with Crippen LogP contribution in [0.5, 0.6) is 0 Å². The van der Waals surface area contributed by atoms with Gasteiger partial charge in [0.15, 0.2) is 0 Å². The summed E-state index contributed by atoms with van der Waals surface area (Å²) in [6, 6.07) is 8.11. The van der Waals surface area contributed by atoms with Gasteiger partial charge in [0.25, 0.3) is 0 Å². The minimum Gasteiger partial charge on any atom is -0.443 e. The van der Waals surface area contributed by atoms with Gasteiger partial charge in [-0.3, -0.25) is 0 Å². The van der Waals surface area contributed by atoms with Gasteiger partial charge in [-0.2, -0.15) is 0 Å². The highest BCUT2D eigenvalue weighted by molar-refractivity contribution is 5.69. The smallest absolute Gasteiger partial charge is 0.410 e. The van der Waals surface area contributed by atoms with Gasteiger partial charge in [0.2, 0.25) is 0 Å². The molecule has 4 nitrogen and oxygen atoms in total. The van der Waals surface area contributed by atoms with Crippen LogP contribution in [0, 0.1) is 6.92 Å². The number of carbonyl (C=O) groups is 1. The van der Waals surface area contributed by atoms with Crippen LogP contribution in [0.2, 0.25) is 0 Å². The maximum atomic E-state index is 11.5. The van der Waals surface area contributed by atoms with Gasteiger partial charge in [0, 0.05) is 13.1 Å². The van der Waals surface area contributed by atoms with Crippen LogP contribution in [0.4, 0.5) is 4.79 Å². The standard InChI is InChI=1S/C12H16N2O2/c1-9-3-2-4-10(5-9)7-14-8-11(6-13)16-12(14)15/h2-5,11H,6-8,13H2,1H3/t11-/m0/s1. The van der Waals surface area contributed by atoms with Crippen molar-refractivity contribution in [3.05, 3.63) is 35.4 Å². The van der Waals surface area contributed by atoms with Crippen molar-refractivity contribution in [3.63, 3.8) is 0 Å². The summed E-state index contributed by atoms with van der Waals surface area (Å²) in [5, 5.41) is 0. The third-order valence-electron chi connectivity index (χ3n) is 2.67. The number of cyclic esters (lactones) is 1. The lowest BCUT2D eigenvalue weighted by Gasteiger charge is -2.12. The summed E-state index contributed by atoms with van der Waals surface area (Å²) in [6.07, 6.45) is -0.422. The highest BCUT2D eigenvalue weighted by Gasteiger charge is 2.29. The highest BCUT2D eigenvalue weighted by Crippen LogP contribution is 2.15. The summed E-state index contributed by atoms with van der Waals surface area (Å²) in [4.78, 5) is 13.2. The predicted molar refractivity (Wildman–Crippen MR) is 60.9 cm³/mol. The lowest BCUT2D eigenvalue weighted by Crippen LogP contribution is -2.27. The fraction of sp³-hybridized carbons (Fsp3) is 0.417. The molecule has 1 aromatic rings. The molecule has 2 N–H and O–H groups in total. The van der Waals surface area contributed by atoms with Crippen LogP contribution in [0.1, 0.15) is 11.1 Å². The summed E-state index contributed by atoms with van der Waals surface area (Å²) in [7, 11) is 0. The molecule has 1 saturated heterocycles. The average molecular weight is 220 g/mol. The first-order chi connectivity index (χ1) is 7.69. The molecule has 0 spiro atoms. The van der Waals surface area contributed by atoms with Crippen molar-refractivity contribution in [2.45, 2.75) is 19.6 Å². The zero-order valence-corrected chi connectivity index (χ0v) is 9.35.